The predicted molar refractivity (Wildman–Crippen MR) is 57.9 cm³/mol. The summed E-state index contributed by atoms with van der Waals surface area (Å²) in [7, 11) is 3.38. The first-order valence-corrected chi connectivity index (χ1v) is 5.40. The second-order valence-corrected chi connectivity index (χ2v) is 4.32. The molecule has 0 amide bonds. The Bertz CT molecular complexity index is 304. The van der Waals surface area contributed by atoms with E-state index in [1.165, 1.54) is 18.1 Å². The summed E-state index contributed by atoms with van der Waals surface area (Å²) in [5.41, 5.74) is 0. The number of benzene rings is 1. The van der Waals surface area contributed by atoms with Gasteiger partial charge in [-0.25, -0.2) is 0 Å². The van der Waals surface area contributed by atoms with Gasteiger partial charge in [0.05, 0.1) is 19.1 Å². The Balaban J connectivity index is 0.00000112. The van der Waals surface area contributed by atoms with E-state index in [0.29, 0.717) is 0 Å². The molecule has 4 heteroatoms. The molecule has 0 bridgehead atoms. The predicted octanol–water partition coefficient (Wildman–Crippen LogP) is 0.126. The maximum Gasteiger partial charge on any atom is 1.00 e. The number of hydrogen-bond acceptors (Lipinski definition) is 3. The molecule has 1 aromatic rings. The second-order valence-electron chi connectivity index (χ2n) is 3.13. The van der Waals surface area contributed by atoms with Gasteiger partial charge >= 0.3 is 18.9 Å². The molecule has 0 saturated heterocycles. The molecule has 1 aliphatic carbocycles. The zero-order valence-corrected chi connectivity index (χ0v) is 10.2. The number of methoxy groups -OCH3 is 2. The number of rotatable bonds is 4. The molecule has 1 aromatic carbocycles. The van der Waals surface area contributed by atoms with Gasteiger partial charge in [0.15, 0.2) is 0 Å². The Morgan fingerprint density at radius 1 is 1.13 bits per heavy atom. The standard InChI is InChI=1S/C11H13O2S.Li/c1-12-9-4-3-5-10(13-2)11(9)14-8-6-7-8;/h3-5H,6-7H2,1-2H3;/q-1;+1. The van der Waals surface area contributed by atoms with Gasteiger partial charge in [0, 0.05) is 0 Å². The van der Waals surface area contributed by atoms with E-state index in [1.54, 1.807) is 26.0 Å². The van der Waals surface area contributed by atoms with Crippen molar-refractivity contribution in [1.29, 1.82) is 0 Å². The van der Waals surface area contributed by atoms with Crippen LogP contribution in [0.4, 0.5) is 0 Å². The molecule has 2 rings (SSSR count). The smallest absolute Gasteiger partial charge is 0.496 e. The SMILES string of the molecule is COc1cccc(OC)c1S[C-]1CC1.[Li+]. The van der Waals surface area contributed by atoms with E-state index in [2.05, 4.69) is 0 Å². The fraction of sp³-hybridized carbons (Fsp3) is 0.364. The Kier molecular flexibility index (Phi) is 4.91. The van der Waals surface area contributed by atoms with Crippen molar-refractivity contribution in [2.45, 2.75) is 17.7 Å². The van der Waals surface area contributed by atoms with Crippen molar-refractivity contribution in [3.63, 3.8) is 0 Å². The summed E-state index contributed by atoms with van der Waals surface area (Å²) < 4.78 is 10.6. The molecule has 0 radical (unpaired) electrons. The van der Waals surface area contributed by atoms with E-state index in [4.69, 9.17) is 9.47 Å². The van der Waals surface area contributed by atoms with E-state index >= 15 is 0 Å². The van der Waals surface area contributed by atoms with Crippen molar-refractivity contribution in [2.75, 3.05) is 14.2 Å². The van der Waals surface area contributed by atoms with Crippen LogP contribution in [0.3, 0.4) is 0 Å². The molecule has 0 spiro atoms. The van der Waals surface area contributed by atoms with Crippen molar-refractivity contribution < 1.29 is 28.3 Å². The molecule has 0 aromatic heterocycles. The van der Waals surface area contributed by atoms with Gasteiger partial charge in [0.1, 0.15) is 11.5 Å². The van der Waals surface area contributed by atoms with Crippen LogP contribution < -0.4 is 28.3 Å². The molecule has 1 saturated carbocycles. The maximum absolute atomic E-state index is 5.30. The molecule has 0 heterocycles. The van der Waals surface area contributed by atoms with E-state index < -0.39 is 0 Å². The van der Waals surface area contributed by atoms with Gasteiger partial charge in [0.2, 0.25) is 0 Å². The molecule has 1 aliphatic rings. The molecule has 0 N–H and O–H groups in total. The first kappa shape index (κ1) is 12.8. The van der Waals surface area contributed by atoms with Gasteiger partial charge in [-0.1, -0.05) is 6.07 Å². The van der Waals surface area contributed by atoms with Crippen molar-refractivity contribution in [2.24, 2.45) is 0 Å². The molecular formula is C11H13LiO2S. The summed E-state index contributed by atoms with van der Waals surface area (Å²) in [4.78, 5) is 1.10. The fourth-order valence-corrected chi connectivity index (χ4v) is 2.31. The van der Waals surface area contributed by atoms with Crippen LogP contribution in [0.25, 0.3) is 0 Å². The van der Waals surface area contributed by atoms with Crippen LogP contribution in [0.15, 0.2) is 23.1 Å². The van der Waals surface area contributed by atoms with Crippen LogP contribution in [0.2, 0.25) is 0 Å². The largest absolute Gasteiger partial charge is 1.00 e. The van der Waals surface area contributed by atoms with Gasteiger partial charge in [-0.2, -0.15) is 12.8 Å². The number of hydrogen-bond donors (Lipinski definition) is 0. The Hall–Kier alpha value is -0.233. The monoisotopic (exact) mass is 216 g/mol. The quantitative estimate of drug-likeness (QED) is 0.526. The normalized spacial score (nSPS) is 14.3. The summed E-state index contributed by atoms with van der Waals surface area (Å²) >= 11 is 1.78. The number of ether oxygens (including phenoxy) is 2. The van der Waals surface area contributed by atoms with Crippen molar-refractivity contribution in [3.05, 3.63) is 23.4 Å². The summed E-state index contributed by atoms with van der Waals surface area (Å²) in [6, 6.07) is 5.88. The Labute approximate surface area is 107 Å². The van der Waals surface area contributed by atoms with Crippen LogP contribution in [0.1, 0.15) is 12.8 Å². The third kappa shape index (κ3) is 3.11. The van der Waals surface area contributed by atoms with Crippen molar-refractivity contribution in [1.82, 2.24) is 0 Å². The topological polar surface area (TPSA) is 18.5 Å². The molecule has 0 atom stereocenters. The van der Waals surface area contributed by atoms with Gasteiger partial charge < -0.3 is 21.2 Å². The minimum Gasteiger partial charge on any atom is -0.496 e. The molecule has 0 aliphatic heterocycles. The van der Waals surface area contributed by atoms with Crippen LogP contribution >= 0.6 is 11.8 Å². The third-order valence-electron chi connectivity index (χ3n) is 2.08. The summed E-state index contributed by atoms with van der Waals surface area (Å²) in [5, 5.41) is 1.51. The minimum atomic E-state index is 0. The molecule has 0 unspecified atom stereocenters. The van der Waals surface area contributed by atoms with Crippen molar-refractivity contribution in [3.8, 4) is 11.5 Å². The summed E-state index contributed by atoms with van der Waals surface area (Å²) in [6.07, 6.45) is 2.46. The van der Waals surface area contributed by atoms with E-state index in [0.717, 1.165) is 16.4 Å². The molecule has 1 fully saturated rings. The zero-order chi connectivity index (χ0) is 9.97. The fourth-order valence-electron chi connectivity index (χ4n) is 1.22. The Morgan fingerprint density at radius 2 is 1.67 bits per heavy atom. The third-order valence-corrected chi connectivity index (χ3v) is 3.39. The maximum atomic E-state index is 5.30. The van der Waals surface area contributed by atoms with Crippen LogP contribution in [-0.4, -0.2) is 14.2 Å². The molecule has 76 valence electrons. The summed E-state index contributed by atoms with van der Waals surface area (Å²) in [6.45, 7) is 0. The van der Waals surface area contributed by atoms with Gasteiger partial charge in [0.25, 0.3) is 0 Å². The second kappa shape index (κ2) is 5.74. The zero-order valence-electron chi connectivity index (χ0n) is 9.37. The van der Waals surface area contributed by atoms with Crippen LogP contribution in [0, 0.1) is 5.25 Å². The number of thioether (sulfide) groups is 1. The van der Waals surface area contributed by atoms with Crippen molar-refractivity contribution >= 4 is 11.8 Å². The van der Waals surface area contributed by atoms with E-state index in [1.807, 2.05) is 18.2 Å². The van der Waals surface area contributed by atoms with E-state index in [9.17, 15) is 0 Å². The Morgan fingerprint density at radius 3 is 2.07 bits per heavy atom. The molecular weight excluding hydrogens is 203 g/mol. The first-order valence-electron chi connectivity index (χ1n) is 4.58. The average Bonchev–Trinajstić information content (AvgIpc) is 3.02. The minimum absolute atomic E-state index is 0. The van der Waals surface area contributed by atoms with Gasteiger partial charge in [-0.05, 0) is 12.1 Å². The average molecular weight is 216 g/mol. The molecule has 15 heavy (non-hydrogen) atoms. The summed E-state index contributed by atoms with van der Waals surface area (Å²) in [5.74, 6) is 1.79. The van der Waals surface area contributed by atoms with Gasteiger partial charge in [-0.3, -0.25) is 5.25 Å². The first-order chi connectivity index (χ1) is 6.85. The van der Waals surface area contributed by atoms with E-state index in [-0.39, 0.29) is 18.9 Å². The van der Waals surface area contributed by atoms with Gasteiger partial charge in [-0.15, -0.1) is 0 Å². The van der Waals surface area contributed by atoms with Crippen LogP contribution in [0.5, 0.6) is 11.5 Å². The van der Waals surface area contributed by atoms with Crippen LogP contribution in [-0.2, 0) is 0 Å². The molecule has 2 nitrogen and oxygen atoms in total.